The number of nitrogens with two attached hydrogens (primary N) is 1. The van der Waals surface area contributed by atoms with Crippen molar-refractivity contribution in [3.63, 3.8) is 0 Å². The smallest absolute Gasteiger partial charge is 0.0715 e. The molecule has 6 N–H and O–H groups in total. The minimum Gasteiger partial charge on any atom is -0.545 e. The molecular formula is C8H12N2O2. The zero-order valence-corrected chi connectivity index (χ0v) is 6.91. The molecule has 0 amide bonds. The molecule has 4 heteroatoms. The van der Waals surface area contributed by atoms with Gasteiger partial charge in [0.15, 0.2) is 0 Å². The number of aromatic carboxylic acids is 1. The highest BCUT2D eigenvalue weighted by atomic mass is 16.4. The lowest BCUT2D eigenvalue weighted by molar-refractivity contribution is -0.255. The molecule has 0 atom stereocenters. The molecule has 0 saturated heterocycles. The zero-order chi connectivity index (χ0) is 8.27. The first-order valence-corrected chi connectivity index (χ1v) is 3.24. The van der Waals surface area contributed by atoms with Crippen LogP contribution in [0.2, 0.25) is 0 Å². The van der Waals surface area contributed by atoms with E-state index in [-0.39, 0.29) is 11.7 Å². The summed E-state index contributed by atoms with van der Waals surface area (Å²) in [6.07, 6.45) is 0. The van der Waals surface area contributed by atoms with Gasteiger partial charge in [-0.2, -0.15) is 0 Å². The molecule has 0 aliphatic heterocycles. The SMILES string of the molecule is NCc1ccc(C(=O)[O-])cc1.[NH4+]. The Kier molecular flexibility index (Phi) is 3.96. The predicted octanol–water partition coefficient (Wildman–Crippen LogP) is -0.115. The molecular weight excluding hydrogens is 156 g/mol. The Morgan fingerprint density at radius 2 is 1.83 bits per heavy atom. The summed E-state index contributed by atoms with van der Waals surface area (Å²) in [5.41, 5.74) is 6.41. The number of carboxylic acid groups (broad SMARTS) is 1. The Morgan fingerprint density at radius 1 is 1.33 bits per heavy atom. The third-order valence-corrected chi connectivity index (χ3v) is 1.43. The molecule has 0 fully saturated rings. The molecule has 12 heavy (non-hydrogen) atoms. The largest absolute Gasteiger partial charge is 0.545 e. The van der Waals surface area contributed by atoms with Gasteiger partial charge in [-0.3, -0.25) is 0 Å². The first-order chi connectivity index (χ1) is 5.24. The number of carboxylic acids is 1. The molecule has 0 saturated carbocycles. The monoisotopic (exact) mass is 168 g/mol. The van der Waals surface area contributed by atoms with E-state index in [0.717, 1.165) is 5.56 Å². The van der Waals surface area contributed by atoms with E-state index in [0.29, 0.717) is 6.54 Å². The van der Waals surface area contributed by atoms with Gasteiger partial charge in [-0.1, -0.05) is 24.3 Å². The van der Waals surface area contributed by atoms with E-state index in [1.807, 2.05) is 0 Å². The van der Waals surface area contributed by atoms with Crippen molar-refractivity contribution < 1.29 is 9.90 Å². The van der Waals surface area contributed by atoms with Crippen molar-refractivity contribution in [1.29, 1.82) is 0 Å². The zero-order valence-electron chi connectivity index (χ0n) is 6.91. The Morgan fingerprint density at radius 3 is 2.17 bits per heavy atom. The third kappa shape index (κ3) is 2.34. The van der Waals surface area contributed by atoms with E-state index in [1.165, 1.54) is 12.1 Å². The predicted molar refractivity (Wildman–Crippen MR) is 44.6 cm³/mol. The summed E-state index contributed by atoms with van der Waals surface area (Å²) < 4.78 is 0. The molecule has 1 aromatic rings. The first-order valence-electron chi connectivity index (χ1n) is 3.24. The van der Waals surface area contributed by atoms with Crippen molar-refractivity contribution in [1.82, 2.24) is 6.15 Å². The van der Waals surface area contributed by atoms with Crippen LogP contribution in [0.4, 0.5) is 0 Å². The first kappa shape index (κ1) is 10.6. The highest BCUT2D eigenvalue weighted by Gasteiger charge is 1.91. The molecule has 4 nitrogen and oxygen atoms in total. The number of hydrogen-bond acceptors (Lipinski definition) is 3. The van der Waals surface area contributed by atoms with Crippen LogP contribution < -0.4 is 17.0 Å². The van der Waals surface area contributed by atoms with Gasteiger partial charge in [0, 0.05) is 6.54 Å². The van der Waals surface area contributed by atoms with Crippen molar-refractivity contribution in [3.8, 4) is 0 Å². The van der Waals surface area contributed by atoms with Crippen LogP contribution in [0, 0.1) is 0 Å². The molecule has 0 aliphatic carbocycles. The summed E-state index contributed by atoms with van der Waals surface area (Å²) in [7, 11) is 0. The number of carbonyl (C=O) groups excluding carboxylic acids is 1. The standard InChI is InChI=1S/C8H9NO2.H3N/c9-5-6-1-3-7(4-2-6)8(10)11;/h1-4H,5,9H2,(H,10,11);1H3. The highest BCUT2D eigenvalue weighted by molar-refractivity contribution is 5.85. The molecule has 0 spiro atoms. The second-order valence-electron chi connectivity index (χ2n) is 2.19. The van der Waals surface area contributed by atoms with Gasteiger partial charge in [0.1, 0.15) is 0 Å². The van der Waals surface area contributed by atoms with E-state index in [2.05, 4.69) is 0 Å². The summed E-state index contributed by atoms with van der Waals surface area (Å²) in [4.78, 5) is 10.3. The fourth-order valence-corrected chi connectivity index (χ4v) is 0.777. The number of benzene rings is 1. The molecule has 0 radical (unpaired) electrons. The maximum absolute atomic E-state index is 10.3. The third-order valence-electron chi connectivity index (χ3n) is 1.43. The van der Waals surface area contributed by atoms with Crippen molar-refractivity contribution in [2.24, 2.45) is 5.73 Å². The van der Waals surface area contributed by atoms with Crippen LogP contribution in [0.15, 0.2) is 24.3 Å². The molecule has 1 rings (SSSR count). The van der Waals surface area contributed by atoms with E-state index in [1.54, 1.807) is 12.1 Å². The van der Waals surface area contributed by atoms with E-state index >= 15 is 0 Å². The molecule has 0 aliphatic rings. The molecule has 1 aromatic carbocycles. The Bertz CT molecular complexity index is 256. The maximum Gasteiger partial charge on any atom is 0.0715 e. The van der Waals surface area contributed by atoms with Gasteiger partial charge >= 0.3 is 0 Å². The lowest BCUT2D eigenvalue weighted by Crippen LogP contribution is -2.22. The summed E-state index contributed by atoms with van der Waals surface area (Å²) in [5.74, 6) is -1.16. The van der Waals surface area contributed by atoms with E-state index in [9.17, 15) is 9.90 Å². The second kappa shape index (κ2) is 4.48. The maximum atomic E-state index is 10.3. The van der Waals surface area contributed by atoms with Crippen LogP contribution in [0.3, 0.4) is 0 Å². The topological polar surface area (TPSA) is 103 Å². The van der Waals surface area contributed by atoms with Crippen LogP contribution in [0.25, 0.3) is 0 Å². The average molecular weight is 168 g/mol. The molecule has 0 aromatic heterocycles. The minimum absolute atomic E-state index is 0. The van der Waals surface area contributed by atoms with Crippen molar-refractivity contribution >= 4 is 5.97 Å². The highest BCUT2D eigenvalue weighted by Crippen LogP contribution is 2.01. The van der Waals surface area contributed by atoms with E-state index < -0.39 is 5.97 Å². The summed E-state index contributed by atoms with van der Waals surface area (Å²) in [6.45, 7) is 0.424. The lowest BCUT2D eigenvalue weighted by Gasteiger charge is -2.01. The average Bonchev–Trinajstić information content (AvgIpc) is 2.05. The van der Waals surface area contributed by atoms with Crippen LogP contribution in [0.5, 0.6) is 0 Å². The number of quaternary nitrogens is 1. The number of hydrogen-bond donors (Lipinski definition) is 2. The lowest BCUT2D eigenvalue weighted by atomic mass is 10.1. The number of carbonyl (C=O) groups is 1. The Balaban J connectivity index is 0.00000121. The van der Waals surface area contributed by atoms with Gasteiger partial charge in [-0.05, 0) is 11.1 Å². The molecule has 0 heterocycles. The summed E-state index contributed by atoms with van der Waals surface area (Å²) >= 11 is 0. The molecule has 0 bridgehead atoms. The fraction of sp³-hybridized carbons (Fsp3) is 0.125. The second-order valence-corrected chi connectivity index (χ2v) is 2.19. The van der Waals surface area contributed by atoms with Gasteiger partial charge in [-0.25, -0.2) is 0 Å². The van der Waals surface area contributed by atoms with Gasteiger partial charge < -0.3 is 21.8 Å². The Hall–Kier alpha value is -1.39. The van der Waals surface area contributed by atoms with Gasteiger partial charge in [0.2, 0.25) is 0 Å². The summed E-state index contributed by atoms with van der Waals surface area (Å²) in [6, 6.07) is 6.31. The van der Waals surface area contributed by atoms with Gasteiger partial charge in [0.25, 0.3) is 0 Å². The Labute approximate surface area is 70.6 Å². The fourth-order valence-electron chi connectivity index (χ4n) is 0.777. The van der Waals surface area contributed by atoms with Crippen molar-refractivity contribution in [3.05, 3.63) is 35.4 Å². The quantitative estimate of drug-likeness (QED) is 0.643. The van der Waals surface area contributed by atoms with Crippen LogP contribution >= 0.6 is 0 Å². The van der Waals surface area contributed by atoms with Crippen molar-refractivity contribution in [2.75, 3.05) is 0 Å². The van der Waals surface area contributed by atoms with Crippen LogP contribution in [-0.4, -0.2) is 5.97 Å². The van der Waals surface area contributed by atoms with Crippen LogP contribution in [-0.2, 0) is 6.54 Å². The normalized spacial score (nSPS) is 8.75. The van der Waals surface area contributed by atoms with E-state index in [4.69, 9.17) is 5.73 Å². The van der Waals surface area contributed by atoms with Gasteiger partial charge in [0.05, 0.1) is 5.97 Å². The van der Waals surface area contributed by atoms with Gasteiger partial charge in [-0.15, -0.1) is 0 Å². The van der Waals surface area contributed by atoms with Crippen molar-refractivity contribution in [2.45, 2.75) is 6.54 Å². The number of rotatable bonds is 2. The molecule has 66 valence electrons. The van der Waals surface area contributed by atoms with Crippen LogP contribution in [0.1, 0.15) is 15.9 Å². The summed E-state index contributed by atoms with van der Waals surface area (Å²) in [5, 5.41) is 10.3. The molecule has 0 unspecified atom stereocenters. The minimum atomic E-state index is -1.16.